The highest BCUT2D eigenvalue weighted by atomic mass is 128. The molecular formula is C19H28I2. The lowest BCUT2D eigenvalue weighted by molar-refractivity contribution is 0.0688. The van der Waals surface area contributed by atoms with Crippen LogP contribution in [0.5, 0.6) is 0 Å². The lowest BCUT2D eigenvalue weighted by Gasteiger charge is -2.53. The minimum atomic E-state index is 0.497. The topological polar surface area (TPSA) is 0 Å². The molecule has 0 spiro atoms. The van der Waals surface area contributed by atoms with Crippen molar-refractivity contribution in [2.24, 2.45) is 11.3 Å². The van der Waals surface area contributed by atoms with Gasteiger partial charge in [-0.2, -0.15) is 0 Å². The third-order valence-electron chi connectivity index (χ3n) is 6.02. The molecule has 2 heteroatoms. The zero-order valence-corrected chi connectivity index (χ0v) is 18.1. The van der Waals surface area contributed by atoms with Gasteiger partial charge in [0.05, 0.1) is 0 Å². The normalized spacial score (nSPS) is 29.7. The van der Waals surface area contributed by atoms with Gasteiger partial charge in [-0.15, -0.1) is 0 Å². The number of fused-ring (bicyclic) bond motifs is 3. The van der Waals surface area contributed by atoms with E-state index in [-0.39, 0.29) is 0 Å². The number of hydrogen-bond acceptors (Lipinski definition) is 0. The second kappa shape index (κ2) is 7.06. The SMILES string of the molecule is CCC12CCC(C)(C)CC1CCc1cc(C)ccc12.II. The molecule has 0 amide bonds. The van der Waals surface area contributed by atoms with Crippen molar-refractivity contribution in [2.75, 3.05) is 0 Å². The predicted molar refractivity (Wildman–Crippen MR) is 111 cm³/mol. The Morgan fingerprint density at radius 1 is 1.19 bits per heavy atom. The first kappa shape index (κ1) is 18.0. The zero-order valence-electron chi connectivity index (χ0n) is 13.8. The smallest absolute Gasteiger partial charge is 0 e. The van der Waals surface area contributed by atoms with E-state index in [9.17, 15) is 0 Å². The van der Waals surface area contributed by atoms with Crippen molar-refractivity contribution >= 4 is 37.2 Å². The average molecular weight is 510 g/mol. The summed E-state index contributed by atoms with van der Waals surface area (Å²) in [5, 5.41) is 0. The highest BCUT2D eigenvalue weighted by molar-refractivity contribution is 15.0. The number of hydrogen-bond donors (Lipinski definition) is 0. The summed E-state index contributed by atoms with van der Waals surface area (Å²) in [4.78, 5) is 0. The number of halogens is 2. The van der Waals surface area contributed by atoms with Crippen molar-refractivity contribution in [1.29, 1.82) is 0 Å². The molecule has 1 fully saturated rings. The molecule has 0 heterocycles. The van der Waals surface area contributed by atoms with Crippen LogP contribution in [0.3, 0.4) is 0 Å². The first-order chi connectivity index (χ1) is 9.97. The van der Waals surface area contributed by atoms with Crippen molar-refractivity contribution in [3.05, 3.63) is 34.9 Å². The second-order valence-electron chi connectivity index (χ2n) is 7.77. The first-order valence-electron chi connectivity index (χ1n) is 8.21. The van der Waals surface area contributed by atoms with Gasteiger partial charge in [-0.05, 0) is 73.3 Å². The van der Waals surface area contributed by atoms with Gasteiger partial charge in [0.1, 0.15) is 0 Å². The molecule has 2 atom stereocenters. The molecule has 21 heavy (non-hydrogen) atoms. The Kier molecular flexibility index (Phi) is 6.06. The van der Waals surface area contributed by atoms with E-state index in [0.717, 1.165) is 5.92 Å². The molecule has 1 saturated carbocycles. The van der Waals surface area contributed by atoms with E-state index in [4.69, 9.17) is 0 Å². The minimum absolute atomic E-state index is 0.497. The van der Waals surface area contributed by atoms with Crippen LogP contribution in [-0.2, 0) is 11.8 Å². The van der Waals surface area contributed by atoms with Gasteiger partial charge < -0.3 is 0 Å². The van der Waals surface area contributed by atoms with Gasteiger partial charge in [-0.25, -0.2) is 0 Å². The molecule has 2 aliphatic rings. The summed E-state index contributed by atoms with van der Waals surface area (Å²) in [5.41, 5.74) is 5.84. The Hall–Kier alpha value is 0.680. The fourth-order valence-corrected chi connectivity index (χ4v) is 4.86. The van der Waals surface area contributed by atoms with E-state index >= 15 is 0 Å². The quantitative estimate of drug-likeness (QED) is 0.351. The van der Waals surface area contributed by atoms with Crippen LogP contribution < -0.4 is 0 Å². The maximum atomic E-state index is 2.47. The summed E-state index contributed by atoms with van der Waals surface area (Å²) in [6, 6.07) is 7.24. The molecule has 0 saturated heterocycles. The standard InChI is InChI=1S/C19H28.I2/c1-5-19-11-10-18(3,4)13-16(19)8-7-15-12-14(2)6-9-17(15)19;1-2/h6,9,12,16H,5,7-8,10-11,13H2,1-4H3;. The molecule has 0 aliphatic heterocycles. The highest BCUT2D eigenvalue weighted by Gasteiger charge is 2.48. The maximum Gasteiger partial charge on any atom is 0 e. The predicted octanol–water partition coefficient (Wildman–Crippen LogP) is 7.19. The van der Waals surface area contributed by atoms with E-state index in [1.54, 1.807) is 11.1 Å². The van der Waals surface area contributed by atoms with Gasteiger partial charge in [0, 0.05) is 37.2 Å². The summed E-state index contributed by atoms with van der Waals surface area (Å²) in [6.45, 7) is 9.59. The fourth-order valence-electron chi connectivity index (χ4n) is 4.86. The molecule has 1 aromatic carbocycles. The van der Waals surface area contributed by atoms with E-state index in [1.807, 2.05) is 0 Å². The van der Waals surface area contributed by atoms with Crippen LogP contribution in [0.2, 0.25) is 0 Å². The largest absolute Gasteiger partial charge is 0.0645 e. The van der Waals surface area contributed by atoms with E-state index in [0.29, 0.717) is 10.8 Å². The Labute approximate surface area is 154 Å². The molecule has 118 valence electrons. The maximum absolute atomic E-state index is 2.47. The Morgan fingerprint density at radius 2 is 1.90 bits per heavy atom. The van der Waals surface area contributed by atoms with Crippen molar-refractivity contribution in [1.82, 2.24) is 0 Å². The van der Waals surface area contributed by atoms with Crippen LogP contribution in [0.15, 0.2) is 18.2 Å². The van der Waals surface area contributed by atoms with Gasteiger partial charge >= 0.3 is 0 Å². The number of rotatable bonds is 1. The Balaban J connectivity index is 0.000000774. The molecule has 0 N–H and O–H groups in total. The lowest BCUT2D eigenvalue weighted by Crippen LogP contribution is -2.45. The van der Waals surface area contributed by atoms with Crippen LogP contribution >= 0.6 is 37.2 Å². The van der Waals surface area contributed by atoms with E-state index in [2.05, 4.69) is 83.1 Å². The highest BCUT2D eigenvalue weighted by Crippen LogP contribution is 2.56. The van der Waals surface area contributed by atoms with Gasteiger partial charge in [0.25, 0.3) is 0 Å². The zero-order chi connectivity index (χ0) is 15.7. The van der Waals surface area contributed by atoms with E-state index < -0.39 is 0 Å². The average Bonchev–Trinajstić information content (AvgIpc) is 2.48. The minimum Gasteiger partial charge on any atom is -0.0645 e. The third kappa shape index (κ3) is 3.46. The Bertz CT molecular complexity index is 492. The fraction of sp³-hybridized carbons (Fsp3) is 0.684. The van der Waals surface area contributed by atoms with Crippen molar-refractivity contribution in [3.63, 3.8) is 0 Å². The molecular weight excluding hydrogens is 482 g/mol. The van der Waals surface area contributed by atoms with Crippen LogP contribution in [0.1, 0.15) is 69.6 Å². The second-order valence-corrected chi connectivity index (χ2v) is 7.77. The molecule has 0 bridgehead atoms. The van der Waals surface area contributed by atoms with Crippen LogP contribution in [0.25, 0.3) is 0 Å². The van der Waals surface area contributed by atoms with Crippen molar-refractivity contribution < 1.29 is 0 Å². The van der Waals surface area contributed by atoms with Gasteiger partial charge in [-0.3, -0.25) is 0 Å². The summed E-state index contributed by atoms with van der Waals surface area (Å²) in [5.74, 6) is 0.913. The van der Waals surface area contributed by atoms with Gasteiger partial charge in [0.2, 0.25) is 0 Å². The van der Waals surface area contributed by atoms with Crippen molar-refractivity contribution in [2.45, 2.75) is 71.6 Å². The third-order valence-corrected chi connectivity index (χ3v) is 6.02. The van der Waals surface area contributed by atoms with Crippen LogP contribution in [0, 0.1) is 18.3 Å². The molecule has 0 radical (unpaired) electrons. The summed E-state index contributed by atoms with van der Waals surface area (Å²) in [6.07, 6.45) is 8.26. The molecule has 0 nitrogen and oxygen atoms in total. The number of aryl methyl sites for hydroxylation is 2. The molecule has 3 rings (SSSR count). The monoisotopic (exact) mass is 510 g/mol. The molecule has 1 aromatic rings. The first-order valence-corrected chi connectivity index (χ1v) is 14.5. The molecule has 0 aromatic heterocycles. The molecule has 2 unspecified atom stereocenters. The van der Waals surface area contributed by atoms with Gasteiger partial charge in [-0.1, -0.05) is 44.5 Å². The van der Waals surface area contributed by atoms with Crippen LogP contribution in [0.4, 0.5) is 0 Å². The summed E-state index contributed by atoms with van der Waals surface area (Å²) < 4.78 is 0. The van der Waals surface area contributed by atoms with Crippen molar-refractivity contribution in [3.8, 4) is 0 Å². The Morgan fingerprint density at radius 3 is 2.57 bits per heavy atom. The van der Waals surface area contributed by atoms with Gasteiger partial charge in [0.15, 0.2) is 0 Å². The summed E-state index contributed by atoms with van der Waals surface area (Å²) in [7, 11) is 0. The summed E-state index contributed by atoms with van der Waals surface area (Å²) >= 11 is 4.24. The lowest BCUT2D eigenvalue weighted by atomic mass is 9.52. The number of benzene rings is 1. The molecule has 2 aliphatic carbocycles. The van der Waals surface area contributed by atoms with Crippen LogP contribution in [-0.4, -0.2) is 0 Å². The van der Waals surface area contributed by atoms with E-state index in [1.165, 1.54) is 44.1 Å².